The number of hydrazone groups is 1. The van der Waals surface area contributed by atoms with Crippen LogP contribution in [-0.2, 0) is 4.74 Å². The number of nitrogens with zero attached hydrogens (tertiary/aromatic N) is 6. The molecule has 1 saturated heterocycles. The molecule has 148 valence electrons. The molecule has 1 aliphatic heterocycles. The van der Waals surface area contributed by atoms with Crippen molar-refractivity contribution in [1.82, 2.24) is 19.5 Å². The number of aliphatic hydroxyl groups is 3. The number of hydrogen-bond donors (Lipinski definition) is 4. The molecule has 1 aromatic carbocycles. The van der Waals surface area contributed by atoms with E-state index < -0.39 is 31.1 Å². The molecule has 2 aromatic heterocycles. The van der Waals surface area contributed by atoms with Gasteiger partial charge in [-0.25, -0.2) is 15.0 Å². The minimum Gasteiger partial charge on any atom is -0.394 e. The first-order chi connectivity index (χ1) is 14.1. The normalized spacial score (nSPS) is 24.2. The fraction of sp³-hybridized carbons (Fsp3) is 0.278. The fourth-order valence-electron chi connectivity index (χ4n) is 3.10. The quantitative estimate of drug-likeness (QED) is 0.337. The van der Waals surface area contributed by atoms with Crippen molar-refractivity contribution in [2.45, 2.75) is 24.5 Å². The molecule has 1 fully saturated rings. The summed E-state index contributed by atoms with van der Waals surface area (Å²) >= 11 is 0. The van der Waals surface area contributed by atoms with Crippen molar-refractivity contribution in [2.75, 3.05) is 12.0 Å². The van der Waals surface area contributed by atoms with Gasteiger partial charge < -0.3 is 20.1 Å². The zero-order valence-electron chi connectivity index (χ0n) is 15.0. The van der Waals surface area contributed by atoms with Crippen LogP contribution in [0.4, 0.5) is 5.82 Å². The predicted octanol–water partition coefficient (Wildman–Crippen LogP) is -0.245. The highest BCUT2D eigenvalue weighted by Gasteiger charge is 2.44. The third-order valence-electron chi connectivity index (χ3n) is 4.61. The lowest BCUT2D eigenvalue weighted by Gasteiger charge is -2.16. The number of aliphatic hydroxyl groups excluding tert-OH is 3. The third kappa shape index (κ3) is 3.41. The number of nitrogens with one attached hydrogen (secondary N) is 1. The largest absolute Gasteiger partial charge is 0.394 e. The monoisotopic (exact) mass is 395 g/mol. The van der Waals surface area contributed by atoms with E-state index in [1.54, 1.807) is 24.3 Å². The van der Waals surface area contributed by atoms with Gasteiger partial charge >= 0.3 is 0 Å². The maximum atomic E-state index is 10.2. The summed E-state index contributed by atoms with van der Waals surface area (Å²) in [5, 5.41) is 42.7. The molecule has 0 radical (unpaired) electrons. The average Bonchev–Trinajstić information content (AvgIpc) is 3.30. The Morgan fingerprint density at radius 2 is 2.07 bits per heavy atom. The van der Waals surface area contributed by atoms with E-state index in [4.69, 9.17) is 10.00 Å². The fourth-order valence-corrected chi connectivity index (χ4v) is 3.10. The predicted molar refractivity (Wildman–Crippen MR) is 101 cm³/mol. The molecule has 0 saturated carbocycles. The van der Waals surface area contributed by atoms with Gasteiger partial charge in [-0.15, -0.1) is 0 Å². The Bertz CT molecular complexity index is 1090. The molecule has 0 aliphatic carbocycles. The van der Waals surface area contributed by atoms with Crippen molar-refractivity contribution in [3.05, 3.63) is 48.0 Å². The molecule has 4 N–H and O–H groups in total. The van der Waals surface area contributed by atoms with E-state index in [-0.39, 0.29) is 0 Å². The van der Waals surface area contributed by atoms with Gasteiger partial charge in [0.15, 0.2) is 23.2 Å². The molecule has 1 aliphatic rings. The van der Waals surface area contributed by atoms with Crippen LogP contribution < -0.4 is 5.43 Å². The summed E-state index contributed by atoms with van der Waals surface area (Å²) in [7, 11) is 0. The third-order valence-corrected chi connectivity index (χ3v) is 4.61. The number of rotatable bonds is 5. The van der Waals surface area contributed by atoms with Crippen molar-refractivity contribution in [3.63, 3.8) is 0 Å². The summed E-state index contributed by atoms with van der Waals surface area (Å²) in [6.07, 6.45) is -0.154. The molecule has 3 heterocycles. The van der Waals surface area contributed by atoms with Crippen LogP contribution in [0.5, 0.6) is 0 Å². The molecule has 3 aromatic rings. The first kappa shape index (κ1) is 18.9. The van der Waals surface area contributed by atoms with Crippen molar-refractivity contribution >= 4 is 23.2 Å². The summed E-state index contributed by atoms with van der Waals surface area (Å²) < 4.78 is 6.98. The van der Waals surface area contributed by atoms with Crippen molar-refractivity contribution in [1.29, 1.82) is 5.26 Å². The first-order valence-electron chi connectivity index (χ1n) is 8.72. The molecular weight excluding hydrogens is 378 g/mol. The molecule has 0 spiro atoms. The van der Waals surface area contributed by atoms with Gasteiger partial charge in [-0.3, -0.25) is 9.99 Å². The maximum absolute atomic E-state index is 10.2. The number of imidazole rings is 1. The molecule has 4 atom stereocenters. The van der Waals surface area contributed by atoms with Gasteiger partial charge in [0.1, 0.15) is 24.6 Å². The second-order valence-corrected chi connectivity index (χ2v) is 6.34. The van der Waals surface area contributed by atoms with Gasteiger partial charge in [-0.05, 0) is 6.07 Å². The minimum atomic E-state index is -1.25. The Hall–Kier alpha value is -3.43. The molecule has 11 heteroatoms. The Balaban J connectivity index is 1.60. The zero-order chi connectivity index (χ0) is 20.4. The van der Waals surface area contributed by atoms with Gasteiger partial charge in [0.05, 0.1) is 30.8 Å². The van der Waals surface area contributed by atoms with E-state index in [9.17, 15) is 15.3 Å². The van der Waals surface area contributed by atoms with Crippen LogP contribution in [0.1, 0.15) is 17.4 Å². The molecule has 0 bridgehead atoms. The second-order valence-electron chi connectivity index (χ2n) is 6.34. The zero-order valence-corrected chi connectivity index (χ0v) is 15.0. The smallest absolute Gasteiger partial charge is 0.177 e. The van der Waals surface area contributed by atoms with E-state index in [0.29, 0.717) is 28.1 Å². The standard InChI is InChI=1S/C18H17N7O4/c19-5-10-3-1-2-4-11(10)6-23-24-16-13-17(21-8-20-16)25(9-22-13)18-15(28)14(27)12(7-26)29-18/h1-4,6,8-9,12,14-15,18,26-28H,7H2,(H,20,21,24)/t12-,14-,15-,18?/m1/s1. The Morgan fingerprint density at radius 3 is 2.83 bits per heavy atom. The molecule has 1 unspecified atom stereocenters. The van der Waals surface area contributed by atoms with E-state index in [1.165, 1.54) is 23.4 Å². The lowest BCUT2D eigenvalue weighted by Crippen LogP contribution is -2.33. The number of aromatic nitrogens is 4. The maximum Gasteiger partial charge on any atom is 0.177 e. The van der Waals surface area contributed by atoms with E-state index in [1.807, 2.05) is 0 Å². The van der Waals surface area contributed by atoms with Crippen LogP contribution in [0.3, 0.4) is 0 Å². The Labute approximate surface area is 164 Å². The number of ether oxygens (including phenoxy) is 1. The van der Waals surface area contributed by atoms with Crippen LogP contribution in [0.15, 0.2) is 42.0 Å². The number of fused-ring (bicyclic) bond motifs is 1. The van der Waals surface area contributed by atoms with Crippen LogP contribution in [-0.4, -0.2) is 66.0 Å². The average molecular weight is 395 g/mol. The summed E-state index contributed by atoms with van der Waals surface area (Å²) in [6.45, 7) is -0.429. The SMILES string of the molecule is N#Cc1ccccc1C=NNc1ncnc2c1ncn2C1O[C@H](CO)[C@@H](O)[C@H]1O. The lowest BCUT2D eigenvalue weighted by molar-refractivity contribution is -0.0511. The molecule has 4 rings (SSSR count). The van der Waals surface area contributed by atoms with Gasteiger partial charge in [0.25, 0.3) is 0 Å². The highest BCUT2D eigenvalue weighted by Crippen LogP contribution is 2.32. The van der Waals surface area contributed by atoms with Crippen molar-refractivity contribution < 1.29 is 20.1 Å². The highest BCUT2D eigenvalue weighted by molar-refractivity contribution is 5.86. The van der Waals surface area contributed by atoms with E-state index >= 15 is 0 Å². The lowest BCUT2D eigenvalue weighted by atomic mass is 10.1. The minimum absolute atomic E-state index is 0.311. The summed E-state index contributed by atoms with van der Waals surface area (Å²) in [5.74, 6) is 0.311. The van der Waals surface area contributed by atoms with Gasteiger partial charge in [0, 0.05) is 5.56 Å². The topological polar surface area (TPSA) is 162 Å². The van der Waals surface area contributed by atoms with Crippen LogP contribution in [0.25, 0.3) is 11.2 Å². The van der Waals surface area contributed by atoms with Crippen LogP contribution in [0.2, 0.25) is 0 Å². The molecular formula is C18H17N7O4. The first-order valence-corrected chi connectivity index (χ1v) is 8.72. The van der Waals surface area contributed by atoms with Crippen LogP contribution >= 0.6 is 0 Å². The van der Waals surface area contributed by atoms with Gasteiger partial charge in [-0.1, -0.05) is 18.2 Å². The van der Waals surface area contributed by atoms with E-state index in [0.717, 1.165) is 0 Å². The van der Waals surface area contributed by atoms with Crippen LogP contribution in [0, 0.1) is 11.3 Å². The number of anilines is 1. The summed E-state index contributed by atoms with van der Waals surface area (Å²) in [5.41, 5.74) is 4.62. The second kappa shape index (κ2) is 7.90. The van der Waals surface area contributed by atoms with Gasteiger partial charge in [0.2, 0.25) is 0 Å². The van der Waals surface area contributed by atoms with E-state index in [2.05, 4.69) is 31.5 Å². The number of nitriles is 1. The Kier molecular flexibility index (Phi) is 5.15. The molecule has 0 amide bonds. The summed E-state index contributed by atoms with van der Waals surface area (Å²) in [4.78, 5) is 12.5. The highest BCUT2D eigenvalue weighted by atomic mass is 16.6. The number of benzene rings is 1. The van der Waals surface area contributed by atoms with Gasteiger partial charge in [-0.2, -0.15) is 10.4 Å². The number of hydrogen-bond acceptors (Lipinski definition) is 10. The Morgan fingerprint density at radius 1 is 1.24 bits per heavy atom. The molecule has 11 nitrogen and oxygen atoms in total. The van der Waals surface area contributed by atoms with Crippen molar-refractivity contribution in [2.24, 2.45) is 5.10 Å². The molecule has 29 heavy (non-hydrogen) atoms. The van der Waals surface area contributed by atoms with Crippen molar-refractivity contribution in [3.8, 4) is 6.07 Å². The summed E-state index contributed by atoms with van der Waals surface area (Å²) in [6, 6.07) is 9.10.